The molecule has 12 nitrogen and oxygen atoms in total. The number of imidazole rings is 1. The number of fused-ring (bicyclic) bond motifs is 2. The van der Waals surface area contributed by atoms with E-state index in [9.17, 15) is 22.8 Å². The SMILES string of the molecule is O=C(NCCCn1ccnc1)c1ccc2cncc(-c3ccsc3)c2n1.O=C(O)c1ccc2cncc(-c3ccsc3)c2n1.[NH-]Cc1ccc(C(F)(F)F)nc1. The summed E-state index contributed by atoms with van der Waals surface area (Å²) in [5.74, 6) is -1.18. The second kappa shape index (κ2) is 18.3. The number of carbonyl (C=O) groups is 2. The third kappa shape index (κ3) is 10.0. The Balaban J connectivity index is 0.000000154. The normalized spacial score (nSPS) is 11.0. The average molecular weight is 795 g/mol. The van der Waals surface area contributed by atoms with Crippen LogP contribution in [0.2, 0.25) is 0 Å². The highest BCUT2D eigenvalue weighted by Crippen LogP contribution is 2.30. The van der Waals surface area contributed by atoms with E-state index in [1.807, 2.05) is 45.1 Å². The lowest BCUT2D eigenvalue weighted by Gasteiger charge is -2.08. The van der Waals surface area contributed by atoms with E-state index < -0.39 is 17.8 Å². The molecular weight excluding hydrogens is 764 g/mol. The van der Waals surface area contributed by atoms with Gasteiger partial charge in [0.05, 0.1) is 17.4 Å². The van der Waals surface area contributed by atoms with Gasteiger partial charge in [-0.2, -0.15) is 35.8 Å². The first-order chi connectivity index (χ1) is 27.1. The fourth-order valence-corrected chi connectivity index (χ4v) is 6.57. The number of amides is 1. The number of aromatic carboxylic acids is 1. The van der Waals surface area contributed by atoms with Crippen LogP contribution in [0.3, 0.4) is 0 Å². The molecule has 8 heterocycles. The van der Waals surface area contributed by atoms with Gasteiger partial charge in [-0.3, -0.25) is 19.7 Å². The van der Waals surface area contributed by atoms with E-state index in [2.05, 4.69) is 40.6 Å². The largest absolute Gasteiger partial charge is 0.674 e. The maximum Gasteiger partial charge on any atom is 0.433 e. The Kier molecular flexibility index (Phi) is 12.8. The molecule has 0 radical (unpaired) electrons. The number of nitrogens with one attached hydrogen (secondary N) is 2. The number of nitrogens with zero attached hydrogens (tertiary/aromatic N) is 7. The van der Waals surface area contributed by atoms with E-state index in [-0.39, 0.29) is 18.1 Å². The molecule has 0 atom stereocenters. The Morgan fingerprint density at radius 3 is 1.91 bits per heavy atom. The van der Waals surface area contributed by atoms with E-state index >= 15 is 0 Å². The summed E-state index contributed by atoms with van der Waals surface area (Å²) < 4.78 is 37.7. The number of carboxylic acid groups (broad SMARTS) is 1. The van der Waals surface area contributed by atoms with Crippen molar-refractivity contribution in [3.05, 3.63) is 148 Å². The van der Waals surface area contributed by atoms with Crippen LogP contribution in [0.1, 0.15) is 38.7 Å². The molecule has 0 aliphatic rings. The van der Waals surface area contributed by atoms with E-state index in [1.165, 1.54) is 12.1 Å². The first-order valence-electron chi connectivity index (χ1n) is 16.8. The van der Waals surface area contributed by atoms with Crippen LogP contribution in [0, 0.1) is 0 Å². The molecule has 8 aromatic heterocycles. The molecule has 17 heteroatoms. The molecule has 1 amide bonds. The summed E-state index contributed by atoms with van der Waals surface area (Å²) in [4.78, 5) is 47.8. The average Bonchev–Trinajstić information content (AvgIpc) is 4.04. The third-order valence-corrected chi connectivity index (χ3v) is 9.44. The number of carboxylic acids is 1. The number of halogens is 3. The van der Waals surface area contributed by atoms with Crippen molar-refractivity contribution in [1.29, 1.82) is 0 Å². The van der Waals surface area contributed by atoms with Gasteiger partial charge >= 0.3 is 12.1 Å². The molecule has 8 rings (SSSR count). The highest BCUT2D eigenvalue weighted by atomic mass is 32.1. The van der Waals surface area contributed by atoms with Crippen molar-refractivity contribution in [2.24, 2.45) is 0 Å². The second-order valence-electron chi connectivity index (χ2n) is 11.9. The molecule has 8 aromatic rings. The van der Waals surface area contributed by atoms with Gasteiger partial charge in [-0.05, 0) is 81.5 Å². The molecule has 0 aliphatic heterocycles. The van der Waals surface area contributed by atoms with Crippen molar-refractivity contribution in [2.75, 3.05) is 6.54 Å². The number of alkyl halides is 3. The minimum atomic E-state index is -4.39. The van der Waals surface area contributed by atoms with Gasteiger partial charge in [0, 0.05) is 78.4 Å². The van der Waals surface area contributed by atoms with Crippen LogP contribution >= 0.6 is 22.7 Å². The Labute approximate surface area is 325 Å². The zero-order chi connectivity index (χ0) is 39.5. The number of hydrogen-bond acceptors (Lipinski definition) is 10. The van der Waals surface area contributed by atoms with Gasteiger partial charge in [0.1, 0.15) is 17.1 Å². The molecule has 0 bridgehead atoms. The van der Waals surface area contributed by atoms with Crippen LogP contribution in [-0.4, -0.2) is 58.0 Å². The predicted molar refractivity (Wildman–Crippen MR) is 209 cm³/mol. The van der Waals surface area contributed by atoms with Gasteiger partial charge in [0.25, 0.3) is 5.91 Å². The van der Waals surface area contributed by atoms with Crippen LogP contribution in [0.25, 0.3) is 49.8 Å². The summed E-state index contributed by atoms with van der Waals surface area (Å²) >= 11 is 3.21. The summed E-state index contributed by atoms with van der Waals surface area (Å²) in [6, 6.07) is 13.0. The number of thiophene rings is 2. The van der Waals surface area contributed by atoms with Gasteiger partial charge < -0.3 is 20.7 Å². The monoisotopic (exact) mass is 794 g/mol. The standard InChI is InChI=1S/C19H17N5OS.C13H8N2O2S.C7H6F3N2/c25-19(22-5-1-7-24-8-6-20-13-24)17-3-2-14-10-21-11-16(18(14)23-17)15-4-9-26-12-15;16-13(17)11-2-1-8-5-14-6-10(12(8)15-11)9-3-4-18-7-9;8-7(9,10)6-2-1-5(3-11)4-12-6/h2-4,6,8-13H,1,5,7H2,(H,22,25);1-7H,(H,16,17);1-2,4,11H,3H2/q;;-1. The summed E-state index contributed by atoms with van der Waals surface area (Å²) in [6.45, 7) is 1.36. The molecule has 284 valence electrons. The Bertz CT molecular complexity index is 2510. The van der Waals surface area contributed by atoms with Crippen LogP contribution < -0.4 is 5.32 Å². The Hall–Kier alpha value is -6.43. The van der Waals surface area contributed by atoms with Crippen LogP contribution in [0.4, 0.5) is 13.2 Å². The van der Waals surface area contributed by atoms with E-state index in [4.69, 9.17) is 10.8 Å². The van der Waals surface area contributed by atoms with E-state index in [0.717, 1.165) is 63.8 Å². The van der Waals surface area contributed by atoms with Crippen molar-refractivity contribution in [3.63, 3.8) is 0 Å². The summed E-state index contributed by atoms with van der Waals surface area (Å²) in [5, 5.41) is 21.7. The zero-order valence-corrected chi connectivity index (χ0v) is 30.9. The summed E-state index contributed by atoms with van der Waals surface area (Å²) in [5.41, 5.74) is 12.2. The molecule has 0 fully saturated rings. The smallest absolute Gasteiger partial charge is 0.433 e. The number of rotatable bonds is 9. The molecular formula is C39H31F3N9O3S2-. The minimum Gasteiger partial charge on any atom is -0.674 e. The highest BCUT2D eigenvalue weighted by molar-refractivity contribution is 7.08. The molecule has 56 heavy (non-hydrogen) atoms. The maximum atomic E-state index is 12.4. The predicted octanol–water partition coefficient (Wildman–Crippen LogP) is 9.08. The van der Waals surface area contributed by atoms with Crippen LogP contribution in [0.5, 0.6) is 0 Å². The Morgan fingerprint density at radius 2 is 1.41 bits per heavy atom. The van der Waals surface area contributed by atoms with Gasteiger partial charge in [-0.15, -0.1) is 6.54 Å². The zero-order valence-electron chi connectivity index (χ0n) is 29.2. The fourth-order valence-electron chi connectivity index (χ4n) is 5.26. The molecule has 0 unspecified atom stereocenters. The first-order valence-corrected chi connectivity index (χ1v) is 18.7. The lowest BCUT2D eigenvalue weighted by Crippen LogP contribution is -2.26. The van der Waals surface area contributed by atoms with Crippen molar-refractivity contribution >= 4 is 56.4 Å². The number of aryl methyl sites for hydroxylation is 1. The van der Waals surface area contributed by atoms with Crippen LogP contribution in [0.15, 0.2) is 120 Å². The van der Waals surface area contributed by atoms with E-state index in [0.29, 0.717) is 23.3 Å². The number of aromatic nitrogens is 7. The third-order valence-electron chi connectivity index (χ3n) is 8.07. The fraction of sp³-hybridized carbons (Fsp3) is 0.128. The van der Waals surface area contributed by atoms with Gasteiger partial charge in [-0.1, -0.05) is 11.6 Å². The van der Waals surface area contributed by atoms with Crippen LogP contribution in [-0.2, 0) is 19.3 Å². The number of hydrogen-bond donors (Lipinski definition) is 2. The molecule has 3 N–H and O–H groups in total. The lowest BCUT2D eigenvalue weighted by atomic mass is 10.1. The summed E-state index contributed by atoms with van der Waals surface area (Å²) in [6.07, 6.45) is 9.90. The molecule has 0 aliphatic carbocycles. The number of pyridine rings is 5. The second-order valence-corrected chi connectivity index (χ2v) is 13.4. The van der Waals surface area contributed by atoms with Gasteiger partial charge in [0.2, 0.25) is 0 Å². The quantitative estimate of drug-likeness (QED) is 0.135. The van der Waals surface area contributed by atoms with E-state index in [1.54, 1.807) is 72.1 Å². The van der Waals surface area contributed by atoms with Gasteiger partial charge in [-0.25, -0.2) is 19.7 Å². The summed E-state index contributed by atoms with van der Waals surface area (Å²) in [7, 11) is 0. The van der Waals surface area contributed by atoms with Crippen molar-refractivity contribution in [2.45, 2.75) is 25.7 Å². The topological polar surface area (TPSA) is 172 Å². The highest BCUT2D eigenvalue weighted by Gasteiger charge is 2.31. The number of carbonyl (C=O) groups excluding carboxylic acids is 1. The first kappa shape index (κ1) is 39.3. The minimum absolute atomic E-state index is 0.0465. The van der Waals surface area contributed by atoms with Crippen molar-refractivity contribution in [1.82, 2.24) is 39.8 Å². The lowest BCUT2D eigenvalue weighted by molar-refractivity contribution is -0.141. The molecule has 0 aromatic carbocycles. The van der Waals surface area contributed by atoms with Crippen molar-refractivity contribution < 1.29 is 27.9 Å². The Morgan fingerprint density at radius 1 is 0.786 bits per heavy atom. The molecule has 0 saturated heterocycles. The van der Waals surface area contributed by atoms with Gasteiger partial charge in [0.15, 0.2) is 0 Å². The maximum absolute atomic E-state index is 12.4. The molecule has 0 spiro atoms. The van der Waals surface area contributed by atoms with Crippen molar-refractivity contribution in [3.8, 4) is 22.3 Å². The molecule has 0 saturated carbocycles.